The molecule has 0 saturated carbocycles. The van der Waals surface area contributed by atoms with Gasteiger partial charge in [-0.3, -0.25) is 14.7 Å². The van der Waals surface area contributed by atoms with Crippen LogP contribution in [0.4, 0.5) is 5.82 Å². The van der Waals surface area contributed by atoms with Gasteiger partial charge in [0.1, 0.15) is 5.82 Å². The van der Waals surface area contributed by atoms with Crippen LogP contribution in [-0.2, 0) is 4.79 Å². The Bertz CT molecular complexity index is 1040. The maximum absolute atomic E-state index is 12.9. The predicted octanol–water partition coefficient (Wildman–Crippen LogP) is 3.28. The third-order valence-electron chi connectivity index (χ3n) is 5.12. The second-order valence-corrected chi connectivity index (χ2v) is 6.67. The Balaban J connectivity index is 1.85. The van der Waals surface area contributed by atoms with Gasteiger partial charge in [-0.2, -0.15) is 0 Å². The number of nitrogens with zero attached hydrogens (tertiary/aromatic N) is 3. The molecule has 2 aromatic heterocycles. The number of hydrogen-bond acceptors (Lipinski definition) is 6. The van der Waals surface area contributed by atoms with E-state index in [-0.39, 0.29) is 5.91 Å². The molecule has 29 heavy (non-hydrogen) atoms. The van der Waals surface area contributed by atoms with E-state index in [1.807, 2.05) is 30.3 Å². The molecule has 1 atom stereocenters. The zero-order valence-corrected chi connectivity index (χ0v) is 16.7. The summed E-state index contributed by atoms with van der Waals surface area (Å²) in [6, 6.07) is 9.46. The second kappa shape index (κ2) is 7.43. The van der Waals surface area contributed by atoms with Crippen molar-refractivity contribution in [1.29, 1.82) is 0 Å². The molecule has 0 aliphatic carbocycles. The van der Waals surface area contributed by atoms with Crippen LogP contribution >= 0.6 is 0 Å². The van der Waals surface area contributed by atoms with Crippen molar-refractivity contribution >= 4 is 11.7 Å². The van der Waals surface area contributed by atoms with Gasteiger partial charge in [-0.25, -0.2) is 4.98 Å². The summed E-state index contributed by atoms with van der Waals surface area (Å²) >= 11 is 0. The van der Waals surface area contributed by atoms with Crippen LogP contribution in [0.15, 0.2) is 48.9 Å². The van der Waals surface area contributed by atoms with E-state index in [1.165, 1.54) is 0 Å². The van der Waals surface area contributed by atoms with Crippen molar-refractivity contribution in [3.63, 3.8) is 0 Å². The highest BCUT2D eigenvalue weighted by atomic mass is 16.5. The average Bonchev–Trinajstić information content (AvgIpc) is 3.02. The van der Waals surface area contributed by atoms with Crippen molar-refractivity contribution in [3.05, 3.63) is 60.0 Å². The van der Waals surface area contributed by atoms with E-state index in [1.54, 1.807) is 51.9 Å². The number of ether oxygens (including phenoxy) is 3. The molecule has 0 bridgehead atoms. The Morgan fingerprint density at radius 1 is 0.966 bits per heavy atom. The summed E-state index contributed by atoms with van der Waals surface area (Å²) in [6.07, 6.45) is 5.16. The molecule has 0 radical (unpaired) electrons. The fraction of sp³-hybridized carbons (Fsp3) is 0.227. The lowest BCUT2D eigenvalue weighted by Crippen LogP contribution is -2.24. The fourth-order valence-electron chi connectivity index (χ4n) is 3.67. The highest BCUT2D eigenvalue weighted by molar-refractivity contribution is 6.05. The summed E-state index contributed by atoms with van der Waals surface area (Å²) in [5.41, 5.74) is 3.38. The third-order valence-corrected chi connectivity index (χ3v) is 5.12. The minimum atomic E-state index is -0.432. The van der Waals surface area contributed by atoms with Gasteiger partial charge >= 0.3 is 0 Å². The molecule has 0 saturated heterocycles. The van der Waals surface area contributed by atoms with E-state index >= 15 is 0 Å². The van der Waals surface area contributed by atoms with Crippen LogP contribution < -0.4 is 19.1 Å². The number of rotatable bonds is 5. The topological polar surface area (TPSA) is 73.8 Å². The molecule has 1 aromatic carbocycles. The molecule has 148 valence electrons. The first kappa shape index (κ1) is 18.7. The van der Waals surface area contributed by atoms with Crippen LogP contribution in [0.1, 0.15) is 17.0 Å². The third kappa shape index (κ3) is 3.04. The molecular weight excluding hydrogens is 370 g/mol. The number of anilines is 1. The lowest BCUT2D eigenvalue weighted by Gasteiger charge is -2.15. The van der Waals surface area contributed by atoms with Gasteiger partial charge in [-0.1, -0.05) is 6.07 Å². The minimum Gasteiger partial charge on any atom is -0.493 e. The molecule has 1 aliphatic rings. The van der Waals surface area contributed by atoms with Gasteiger partial charge in [0.25, 0.3) is 0 Å². The molecule has 3 heterocycles. The van der Waals surface area contributed by atoms with Gasteiger partial charge in [0.05, 0.1) is 27.2 Å². The molecule has 0 N–H and O–H groups in total. The van der Waals surface area contributed by atoms with Crippen LogP contribution in [0.25, 0.3) is 11.1 Å². The first-order valence-electron chi connectivity index (χ1n) is 9.06. The Hall–Kier alpha value is -3.61. The fourth-order valence-corrected chi connectivity index (χ4v) is 3.67. The summed E-state index contributed by atoms with van der Waals surface area (Å²) in [7, 11) is 6.46. The first-order chi connectivity index (χ1) is 14.1. The largest absolute Gasteiger partial charge is 0.493 e. The molecule has 1 amide bonds. The number of likely N-dealkylation sites (N-methyl/N-ethyl adjacent to an activating group) is 1. The van der Waals surface area contributed by atoms with Crippen molar-refractivity contribution in [1.82, 2.24) is 9.97 Å². The number of benzene rings is 1. The molecule has 0 fully saturated rings. The van der Waals surface area contributed by atoms with Crippen molar-refractivity contribution in [2.75, 3.05) is 33.3 Å². The molecule has 3 aromatic rings. The van der Waals surface area contributed by atoms with Gasteiger partial charge in [0, 0.05) is 36.8 Å². The van der Waals surface area contributed by atoms with E-state index in [0.29, 0.717) is 23.1 Å². The SMILES string of the molecule is COc1cc(-c2cnc3c(c2)C(c2cccnc2)C(=O)N3C)cc(OC)c1OC. The van der Waals surface area contributed by atoms with Crippen molar-refractivity contribution in [3.8, 4) is 28.4 Å². The maximum Gasteiger partial charge on any atom is 0.240 e. The Kier molecular flexibility index (Phi) is 4.80. The smallest absolute Gasteiger partial charge is 0.240 e. The molecule has 7 nitrogen and oxygen atoms in total. The van der Waals surface area contributed by atoms with E-state index in [4.69, 9.17) is 14.2 Å². The number of fused-ring (bicyclic) bond motifs is 1. The number of methoxy groups -OCH3 is 3. The molecule has 7 heteroatoms. The zero-order valence-electron chi connectivity index (χ0n) is 16.7. The summed E-state index contributed by atoms with van der Waals surface area (Å²) in [5.74, 6) is 1.83. The van der Waals surface area contributed by atoms with Crippen molar-refractivity contribution < 1.29 is 19.0 Å². The van der Waals surface area contributed by atoms with E-state index in [2.05, 4.69) is 9.97 Å². The standard InChI is InChI=1S/C22H21N3O4/c1-25-21-16(19(22(25)26)13-6-5-7-23-11-13)8-15(12-24-21)14-9-17(27-2)20(29-4)18(10-14)28-3/h5-12,19H,1-4H3. The summed E-state index contributed by atoms with van der Waals surface area (Å²) < 4.78 is 16.3. The predicted molar refractivity (Wildman–Crippen MR) is 109 cm³/mol. The van der Waals surface area contributed by atoms with Crippen LogP contribution in [0.2, 0.25) is 0 Å². The second-order valence-electron chi connectivity index (χ2n) is 6.67. The van der Waals surface area contributed by atoms with Crippen molar-refractivity contribution in [2.45, 2.75) is 5.92 Å². The number of carbonyl (C=O) groups excluding carboxylic acids is 1. The monoisotopic (exact) mass is 391 g/mol. The molecule has 0 spiro atoms. The lowest BCUT2D eigenvalue weighted by atomic mass is 9.93. The average molecular weight is 391 g/mol. The number of hydrogen-bond donors (Lipinski definition) is 0. The Morgan fingerprint density at radius 3 is 2.28 bits per heavy atom. The zero-order chi connectivity index (χ0) is 20.5. The van der Waals surface area contributed by atoms with E-state index in [0.717, 1.165) is 22.3 Å². The highest BCUT2D eigenvalue weighted by Crippen LogP contribution is 2.44. The van der Waals surface area contributed by atoms with Crippen LogP contribution in [0.5, 0.6) is 17.2 Å². The molecule has 4 rings (SSSR count). The van der Waals surface area contributed by atoms with E-state index < -0.39 is 5.92 Å². The molecule has 1 unspecified atom stereocenters. The Morgan fingerprint density at radius 2 is 1.69 bits per heavy atom. The minimum absolute atomic E-state index is 0.0254. The summed E-state index contributed by atoms with van der Waals surface area (Å²) in [6.45, 7) is 0. The highest BCUT2D eigenvalue weighted by Gasteiger charge is 2.37. The van der Waals surface area contributed by atoms with Crippen LogP contribution in [0.3, 0.4) is 0 Å². The Labute approximate surface area is 168 Å². The van der Waals surface area contributed by atoms with Gasteiger partial charge in [0.15, 0.2) is 11.5 Å². The van der Waals surface area contributed by atoms with Crippen molar-refractivity contribution in [2.24, 2.45) is 0 Å². The first-order valence-corrected chi connectivity index (χ1v) is 9.06. The quantitative estimate of drug-likeness (QED) is 0.665. The summed E-state index contributed by atoms with van der Waals surface area (Å²) in [4.78, 5) is 23.2. The number of amides is 1. The van der Waals surface area contributed by atoms with Gasteiger partial charge in [-0.05, 0) is 35.4 Å². The van der Waals surface area contributed by atoms with Gasteiger partial charge < -0.3 is 14.2 Å². The van der Waals surface area contributed by atoms with Crippen LogP contribution in [-0.4, -0.2) is 44.3 Å². The summed E-state index contributed by atoms with van der Waals surface area (Å²) in [5, 5.41) is 0. The van der Waals surface area contributed by atoms with E-state index in [9.17, 15) is 4.79 Å². The maximum atomic E-state index is 12.9. The number of carbonyl (C=O) groups is 1. The number of pyridine rings is 2. The van der Waals surface area contributed by atoms with Gasteiger partial charge in [0.2, 0.25) is 11.7 Å². The molecular formula is C22H21N3O4. The lowest BCUT2D eigenvalue weighted by molar-refractivity contribution is -0.118. The van der Waals surface area contributed by atoms with Gasteiger partial charge in [-0.15, -0.1) is 0 Å². The van der Waals surface area contributed by atoms with Crippen LogP contribution in [0, 0.1) is 0 Å². The molecule has 1 aliphatic heterocycles. The normalized spacial score (nSPS) is 15.2. The number of aromatic nitrogens is 2.